The predicted molar refractivity (Wildman–Crippen MR) is 92.7 cm³/mol. The molecule has 0 radical (unpaired) electrons. The van der Waals surface area contributed by atoms with Crippen LogP contribution in [0.2, 0.25) is 0 Å². The van der Waals surface area contributed by atoms with Crippen molar-refractivity contribution in [2.75, 3.05) is 0 Å². The molecule has 3 aromatic rings. The van der Waals surface area contributed by atoms with Gasteiger partial charge >= 0.3 is 22.1 Å². The Morgan fingerprint density at radius 1 is 0.833 bits per heavy atom. The fourth-order valence-corrected chi connectivity index (χ4v) is 2.13. The molecule has 0 aliphatic carbocycles. The Kier molecular flexibility index (Phi) is 9.23. The van der Waals surface area contributed by atoms with Gasteiger partial charge in [0.25, 0.3) is 0 Å². The minimum absolute atomic E-state index is 0. The number of hydrogen-bond acceptors (Lipinski definition) is 4. The summed E-state index contributed by atoms with van der Waals surface area (Å²) in [5, 5.41) is 21.7. The van der Waals surface area contributed by atoms with Crippen LogP contribution in [0.4, 0.5) is 5.69 Å². The molecule has 0 saturated carbocycles. The van der Waals surface area contributed by atoms with E-state index in [2.05, 4.69) is 4.99 Å². The van der Waals surface area contributed by atoms with Crippen LogP contribution in [0, 0.1) is 11.3 Å². The monoisotopic (exact) mass is 502 g/mol. The summed E-state index contributed by atoms with van der Waals surface area (Å²) in [5.74, 6) is 0.284. The second-order valence-electron chi connectivity index (χ2n) is 4.47. The van der Waals surface area contributed by atoms with Crippen molar-refractivity contribution in [3.8, 4) is 11.5 Å². The number of nitrogens with zero attached hydrogens (tertiary/aromatic N) is 2. The van der Waals surface area contributed by atoms with E-state index >= 15 is 0 Å². The van der Waals surface area contributed by atoms with E-state index in [9.17, 15) is 10.2 Å². The predicted octanol–water partition coefficient (Wildman–Crippen LogP) is 3.64. The Morgan fingerprint density at radius 3 is 2.17 bits per heavy atom. The molecule has 0 amide bonds. The third-order valence-electron chi connectivity index (χ3n) is 3.16. The molecule has 0 atom stereocenters. The Bertz CT molecular complexity index is 848. The van der Waals surface area contributed by atoms with Crippen LogP contribution in [0.25, 0.3) is 10.8 Å². The number of hydrogen-bond donors (Lipinski definition) is 2. The average Bonchev–Trinajstić information content (AvgIpc) is 2.57. The molecule has 0 unspecified atom stereocenters. The summed E-state index contributed by atoms with van der Waals surface area (Å²) >= 11 is 0.861. The van der Waals surface area contributed by atoms with Crippen molar-refractivity contribution < 1.29 is 33.9 Å². The van der Waals surface area contributed by atoms with E-state index in [1.165, 1.54) is 0 Å². The van der Waals surface area contributed by atoms with Gasteiger partial charge in [-0.05, 0) is 29.0 Å². The van der Waals surface area contributed by atoms with Gasteiger partial charge in [-0.25, -0.2) is 0 Å². The molecule has 0 bridgehead atoms. The minimum atomic E-state index is 0. The fourth-order valence-electron chi connectivity index (χ4n) is 2.13. The maximum absolute atomic E-state index is 10.0. The Labute approximate surface area is 150 Å². The molecule has 3 rings (SSSR count). The molecule has 0 spiro atoms. The van der Waals surface area contributed by atoms with Crippen molar-refractivity contribution in [3.05, 3.63) is 73.7 Å². The number of phenolic OH excluding ortho intramolecular Hbond substituents is 2. The molecule has 6 heteroatoms. The van der Waals surface area contributed by atoms with Crippen molar-refractivity contribution >= 4 is 22.7 Å². The molecular formula is C18H18N2O3Os-. The van der Waals surface area contributed by atoms with Crippen molar-refractivity contribution in [3.63, 3.8) is 0 Å². The van der Waals surface area contributed by atoms with Crippen LogP contribution < -0.4 is 0 Å². The van der Waals surface area contributed by atoms with Gasteiger partial charge in [0.2, 0.25) is 0 Å². The molecule has 0 aliphatic heterocycles. The molecular weight excluding hydrogens is 482 g/mol. The summed E-state index contributed by atoms with van der Waals surface area (Å²) in [6.45, 7) is 0. The van der Waals surface area contributed by atoms with Gasteiger partial charge in [0.15, 0.2) is 0 Å². The Morgan fingerprint density at radius 2 is 1.46 bits per heavy atom. The number of benzene rings is 3. The standard InChI is InChI=1S/C17H13NO2.CH3.N.H2O.Os/c19-16-10-9-12-5-1-2-6-13(12)14(16)11-18-15-7-3-4-8-17(15)20;;;;/h1-11,19-20H;1H3;;1H2;/q;-1;;;. The summed E-state index contributed by atoms with van der Waals surface area (Å²) in [4.78, 5) is 4.25. The number of aliphatic imine (C=N–C) groups is 1. The van der Waals surface area contributed by atoms with Crippen LogP contribution in [-0.2, 0) is 18.2 Å². The third-order valence-corrected chi connectivity index (χ3v) is 3.16. The van der Waals surface area contributed by atoms with Crippen LogP contribution in [0.15, 0.2) is 65.7 Å². The van der Waals surface area contributed by atoms with Gasteiger partial charge in [-0.1, -0.05) is 42.5 Å². The summed E-state index contributed by atoms with van der Waals surface area (Å²) in [5.41, 5.74) is 1.12. The first-order valence-corrected chi connectivity index (χ1v) is 7.58. The van der Waals surface area contributed by atoms with E-state index < -0.39 is 0 Å². The zero-order chi connectivity index (χ0) is 15.9. The number of aromatic hydroxyl groups is 2. The summed E-state index contributed by atoms with van der Waals surface area (Å²) in [6.07, 6.45) is 1.58. The van der Waals surface area contributed by atoms with Crippen molar-refractivity contribution in [1.29, 1.82) is 3.88 Å². The van der Waals surface area contributed by atoms with Gasteiger partial charge in [0, 0.05) is 11.8 Å². The summed E-state index contributed by atoms with van der Waals surface area (Å²) in [6, 6.07) is 18.1. The molecule has 127 valence electrons. The van der Waals surface area contributed by atoms with Gasteiger partial charge in [-0.2, -0.15) is 0 Å². The quantitative estimate of drug-likeness (QED) is 0.414. The van der Waals surface area contributed by atoms with Gasteiger partial charge in [0.05, 0.1) is 0 Å². The number of fused-ring (bicyclic) bond motifs is 1. The maximum atomic E-state index is 10.0. The van der Waals surface area contributed by atoms with Crippen LogP contribution in [0.1, 0.15) is 5.56 Å². The van der Waals surface area contributed by atoms with E-state index in [0.29, 0.717) is 11.3 Å². The molecule has 5 nitrogen and oxygen atoms in total. The Balaban J connectivity index is 0.00000128. The molecule has 0 aliphatic rings. The molecule has 0 heterocycles. The first kappa shape index (κ1) is 21.5. The van der Waals surface area contributed by atoms with E-state index in [4.69, 9.17) is 3.88 Å². The Hall–Kier alpha value is -2.50. The van der Waals surface area contributed by atoms with Crippen LogP contribution in [-0.4, -0.2) is 21.9 Å². The summed E-state index contributed by atoms with van der Waals surface area (Å²) in [7, 11) is 0. The topological polar surface area (TPSA) is 108 Å². The number of rotatable bonds is 2. The van der Waals surface area contributed by atoms with Gasteiger partial charge < -0.3 is 23.1 Å². The van der Waals surface area contributed by atoms with Gasteiger partial charge in [-0.3, -0.25) is 4.99 Å². The van der Waals surface area contributed by atoms with Crippen LogP contribution >= 0.6 is 0 Å². The van der Waals surface area contributed by atoms with E-state index in [0.717, 1.165) is 29.0 Å². The van der Waals surface area contributed by atoms with Gasteiger partial charge in [-0.15, -0.1) is 0 Å². The number of para-hydroxylation sites is 2. The molecule has 3 aromatic carbocycles. The zero-order valence-electron chi connectivity index (χ0n) is 13.0. The fraction of sp³-hybridized carbons (Fsp3) is 0. The molecule has 4 N–H and O–H groups in total. The average molecular weight is 501 g/mol. The van der Waals surface area contributed by atoms with Crippen LogP contribution in [0.5, 0.6) is 11.5 Å². The second kappa shape index (κ2) is 10.3. The first-order valence-electron chi connectivity index (χ1n) is 6.44. The molecule has 0 saturated heterocycles. The zero-order valence-corrected chi connectivity index (χ0v) is 15.5. The molecule has 0 aromatic heterocycles. The van der Waals surface area contributed by atoms with E-state index in [1.807, 2.05) is 30.3 Å². The van der Waals surface area contributed by atoms with Crippen molar-refractivity contribution in [2.24, 2.45) is 4.99 Å². The van der Waals surface area contributed by atoms with Crippen LogP contribution in [0.3, 0.4) is 0 Å². The van der Waals surface area contributed by atoms with E-state index in [1.54, 1.807) is 36.5 Å². The van der Waals surface area contributed by atoms with Gasteiger partial charge in [0.1, 0.15) is 17.2 Å². The van der Waals surface area contributed by atoms with E-state index in [-0.39, 0.29) is 24.4 Å². The van der Waals surface area contributed by atoms with Crippen molar-refractivity contribution in [1.82, 2.24) is 0 Å². The second-order valence-corrected chi connectivity index (χ2v) is 4.47. The third kappa shape index (κ3) is 4.74. The summed E-state index contributed by atoms with van der Waals surface area (Å²) < 4.78 is 7.03. The molecule has 24 heavy (non-hydrogen) atoms. The van der Waals surface area contributed by atoms with Crippen molar-refractivity contribution in [2.45, 2.75) is 0 Å². The number of phenols is 2. The molecule has 0 fully saturated rings. The normalized spacial score (nSPS) is 9.46. The SMILES string of the molecule is O.Oc1ccccc1N=Cc1c(O)ccc2ccccc12.[CH3-].[N]#[Os]. The first-order chi connectivity index (χ1) is 10.8.